The first-order chi connectivity index (χ1) is 11.8. The Hall–Kier alpha value is -1.36. The number of urea groups is 1. The van der Waals surface area contributed by atoms with Crippen LogP contribution in [0.3, 0.4) is 0 Å². The second-order valence-corrected chi connectivity index (χ2v) is 8.01. The Morgan fingerprint density at radius 3 is 2.38 bits per heavy atom. The topological polar surface area (TPSA) is 44.4 Å². The van der Waals surface area contributed by atoms with Crippen LogP contribution in [0.4, 0.5) is 10.5 Å². The molecule has 0 radical (unpaired) electrons. The monoisotopic (exact) mass is 347 g/mol. The Morgan fingerprint density at radius 2 is 1.71 bits per heavy atom. The van der Waals surface area contributed by atoms with Crippen molar-refractivity contribution >= 4 is 23.5 Å². The summed E-state index contributed by atoms with van der Waals surface area (Å²) in [7, 11) is 0. The first-order valence-electron chi connectivity index (χ1n) is 9.27. The molecule has 1 aromatic carbocycles. The molecule has 132 valence electrons. The molecule has 1 saturated carbocycles. The van der Waals surface area contributed by atoms with Crippen molar-refractivity contribution in [2.45, 2.75) is 51.1 Å². The zero-order valence-electron chi connectivity index (χ0n) is 14.4. The van der Waals surface area contributed by atoms with Crippen LogP contribution in [0.5, 0.6) is 0 Å². The maximum absolute atomic E-state index is 12.1. The lowest BCUT2D eigenvalue weighted by molar-refractivity contribution is 0.235. The van der Waals surface area contributed by atoms with Gasteiger partial charge in [0.2, 0.25) is 0 Å². The standard InChI is InChI=1S/C19H29N3OS/c23-19(21-17-5-3-1-2-4-6-17)20-15-16-7-9-18(10-8-16)22-11-13-24-14-12-22/h7-10,17H,1-6,11-15H2,(H2,20,21,23). The number of amides is 2. The van der Waals surface area contributed by atoms with E-state index in [1.807, 2.05) is 11.8 Å². The Bertz CT molecular complexity index is 506. The van der Waals surface area contributed by atoms with Crippen molar-refractivity contribution in [1.82, 2.24) is 10.6 Å². The Morgan fingerprint density at radius 1 is 1.04 bits per heavy atom. The summed E-state index contributed by atoms with van der Waals surface area (Å²) in [6.45, 7) is 2.85. The average Bonchev–Trinajstić information content (AvgIpc) is 2.90. The van der Waals surface area contributed by atoms with E-state index in [0.717, 1.165) is 31.5 Å². The summed E-state index contributed by atoms with van der Waals surface area (Å²) >= 11 is 2.03. The van der Waals surface area contributed by atoms with Crippen molar-refractivity contribution < 1.29 is 4.79 Å². The molecule has 4 nitrogen and oxygen atoms in total. The minimum Gasteiger partial charge on any atom is -0.370 e. The largest absolute Gasteiger partial charge is 0.370 e. The fraction of sp³-hybridized carbons (Fsp3) is 0.632. The highest BCUT2D eigenvalue weighted by Gasteiger charge is 2.14. The predicted octanol–water partition coefficient (Wildman–Crippen LogP) is 3.76. The molecule has 1 saturated heterocycles. The third-order valence-corrected chi connectivity index (χ3v) is 5.90. The minimum absolute atomic E-state index is 0.0287. The van der Waals surface area contributed by atoms with E-state index in [1.54, 1.807) is 0 Å². The van der Waals surface area contributed by atoms with Crippen LogP contribution in [0.1, 0.15) is 44.1 Å². The molecule has 0 spiro atoms. The molecule has 0 atom stereocenters. The van der Waals surface area contributed by atoms with Crippen molar-refractivity contribution in [2.24, 2.45) is 0 Å². The fourth-order valence-corrected chi connectivity index (χ4v) is 4.39. The molecular weight excluding hydrogens is 318 g/mol. The Balaban J connectivity index is 1.43. The third-order valence-electron chi connectivity index (χ3n) is 4.96. The second-order valence-electron chi connectivity index (χ2n) is 6.78. The maximum Gasteiger partial charge on any atom is 0.315 e. The number of carbonyl (C=O) groups is 1. The van der Waals surface area contributed by atoms with Crippen LogP contribution in [-0.2, 0) is 6.54 Å². The molecule has 2 fully saturated rings. The van der Waals surface area contributed by atoms with Gasteiger partial charge < -0.3 is 15.5 Å². The van der Waals surface area contributed by atoms with E-state index in [9.17, 15) is 4.79 Å². The van der Waals surface area contributed by atoms with Gasteiger partial charge in [-0.05, 0) is 30.5 Å². The molecule has 2 N–H and O–H groups in total. The van der Waals surface area contributed by atoms with Gasteiger partial charge in [-0.3, -0.25) is 0 Å². The number of nitrogens with one attached hydrogen (secondary N) is 2. The molecule has 2 amide bonds. The number of carbonyl (C=O) groups excluding carboxylic acids is 1. The average molecular weight is 348 g/mol. The highest BCUT2D eigenvalue weighted by Crippen LogP contribution is 2.20. The number of anilines is 1. The zero-order chi connectivity index (χ0) is 16.6. The van der Waals surface area contributed by atoms with Crippen molar-refractivity contribution in [3.8, 4) is 0 Å². The minimum atomic E-state index is -0.0287. The number of rotatable bonds is 4. The number of thioether (sulfide) groups is 1. The van der Waals surface area contributed by atoms with Crippen molar-refractivity contribution in [3.63, 3.8) is 0 Å². The van der Waals surface area contributed by atoms with E-state index in [0.29, 0.717) is 12.6 Å². The number of hydrogen-bond donors (Lipinski definition) is 2. The SMILES string of the molecule is O=C(NCc1ccc(N2CCSCC2)cc1)NC1CCCCCC1. The highest BCUT2D eigenvalue weighted by molar-refractivity contribution is 7.99. The molecule has 2 aliphatic rings. The molecular formula is C19H29N3OS. The van der Waals surface area contributed by atoms with E-state index in [1.165, 1.54) is 42.9 Å². The lowest BCUT2D eigenvalue weighted by Crippen LogP contribution is -2.41. The third kappa shape index (κ3) is 5.33. The lowest BCUT2D eigenvalue weighted by Gasteiger charge is -2.28. The van der Waals surface area contributed by atoms with Crippen LogP contribution in [-0.4, -0.2) is 36.7 Å². The van der Waals surface area contributed by atoms with Gasteiger partial charge in [-0.15, -0.1) is 0 Å². The normalized spacial score (nSPS) is 19.6. The van der Waals surface area contributed by atoms with Gasteiger partial charge in [-0.25, -0.2) is 4.79 Å². The van der Waals surface area contributed by atoms with Crippen LogP contribution >= 0.6 is 11.8 Å². The number of nitrogens with zero attached hydrogens (tertiary/aromatic N) is 1. The van der Waals surface area contributed by atoms with Gasteiger partial charge in [0.25, 0.3) is 0 Å². The predicted molar refractivity (Wildman–Crippen MR) is 103 cm³/mol. The first-order valence-corrected chi connectivity index (χ1v) is 10.4. The van der Waals surface area contributed by atoms with E-state index in [-0.39, 0.29) is 6.03 Å². The molecule has 24 heavy (non-hydrogen) atoms. The Labute approximate surface area is 149 Å². The number of hydrogen-bond acceptors (Lipinski definition) is 3. The summed E-state index contributed by atoms with van der Waals surface area (Å²) in [6, 6.07) is 8.93. The van der Waals surface area contributed by atoms with E-state index in [2.05, 4.69) is 39.8 Å². The van der Waals surface area contributed by atoms with Gasteiger partial charge >= 0.3 is 6.03 Å². The fourth-order valence-electron chi connectivity index (χ4n) is 3.49. The van der Waals surface area contributed by atoms with Gasteiger partial charge in [0.15, 0.2) is 0 Å². The van der Waals surface area contributed by atoms with Gasteiger partial charge in [0.05, 0.1) is 0 Å². The highest BCUT2D eigenvalue weighted by atomic mass is 32.2. The van der Waals surface area contributed by atoms with Gasteiger partial charge in [-0.2, -0.15) is 11.8 Å². The molecule has 1 aliphatic heterocycles. The molecule has 1 aromatic rings. The van der Waals surface area contributed by atoms with Crippen molar-refractivity contribution in [3.05, 3.63) is 29.8 Å². The molecule has 0 bridgehead atoms. The lowest BCUT2D eigenvalue weighted by atomic mass is 10.1. The molecule has 0 aromatic heterocycles. The summed E-state index contributed by atoms with van der Waals surface area (Å²) < 4.78 is 0. The summed E-state index contributed by atoms with van der Waals surface area (Å²) in [5.74, 6) is 2.43. The molecule has 3 rings (SSSR count). The quantitative estimate of drug-likeness (QED) is 0.815. The van der Waals surface area contributed by atoms with Crippen LogP contribution in [0, 0.1) is 0 Å². The summed E-state index contributed by atoms with van der Waals surface area (Å²) in [4.78, 5) is 14.5. The molecule has 5 heteroatoms. The van der Waals surface area contributed by atoms with Gasteiger partial charge in [-0.1, -0.05) is 37.8 Å². The van der Waals surface area contributed by atoms with Crippen molar-refractivity contribution in [2.75, 3.05) is 29.5 Å². The van der Waals surface area contributed by atoms with E-state index in [4.69, 9.17) is 0 Å². The van der Waals surface area contributed by atoms with Crippen LogP contribution in [0.25, 0.3) is 0 Å². The maximum atomic E-state index is 12.1. The van der Waals surface area contributed by atoms with Crippen LogP contribution in [0.15, 0.2) is 24.3 Å². The van der Waals surface area contributed by atoms with Crippen molar-refractivity contribution in [1.29, 1.82) is 0 Å². The van der Waals surface area contributed by atoms with Gasteiger partial charge in [0.1, 0.15) is 0 Å². The summed E-state index contributed by atoms with van der Waals surface area (Å²) in [5, 5.41) is 6.13. The van der Waals surface area contributed by atoms with Crippen LogP contribution < -0.4 is 15.5 Å². The zero-order valence-corrected chi connectivity index (χ0v) is 15.2. The second kappa shape index (κ2) is 9.21. The summed E-state index contributed by atoms with van der Waals surface area (Å²) in [6.07, 6.45) is 7.33. The molecule has 0 unspecified atom stereocenters. The number of benzene rings is 1. The molecule has 1 aliphatic carbocycles. The van der Waals surface area contributed by atoms with E-state index >= 15 is 0 Å². The molecule has 1 heterocycles. The summed E-state index contributed by atoms with van der Waals surface area (Å²) in [5.41, 5.74) is 2.45. The van der Waals surface area contributed by atoms with E-state index < -0.39 is 0 Å². The first kappa shape index (κ1) is 17.5. The Kier molecular flexibility index (Phi) is 6.70. The van der Waals surface area contributed by atoms with Crippen LogP contribution in [0.2, 0.25) is 0 Å². The smallest absolute Gasteiger partial charge is 0.315 e. The van der Waals surface area contributed by atoms with Gasteiger partial charge in [0, 0.05) is 42.9 Å².